The Bertz CT molecular complexity index is 1520. The van der Waals surface area contributed by atoms with Crippen molar-refractivity contribution in [2.45, 2.75) is 23.8 Å². The van der Waals surface area contributed by atoms with Crippen LogP contribution in [0.25, 0.3) is 0 Å². The fourth-order valence-corrected chi connectivity index (χ4v) is 5.72. The van der Waals surface area contributed by atoms with Gasteiger partial charge in [0, 0.05) is 57.8 Å². The van der Waals surface area contributed by atoms with E-state index in [1.807, 2.05) is 48.5 Å². The van der Waals surface area contributed by atoms with Crippen molar-refractivity contribution in [3.05, 3.63) is 113 Å². The minimum Gasteiger partial charge on any atom is -0.492 e. The number of ether oxygens (including phenoxy) is 2. The second-order valence-electron chi connectivity index (χ2n) is 9.81. The highest BCUT2D eigenvalue weighted by molar-refractivity contribution is 7.84. The number of benzene rings is 4. The molecule has 0 bridgehead atoms. The zero-order valence-electron chi connectivity index (χ0n) is 21.8. The van der Waals surface area contributed by atoms with Crippen molar-refractivity contribution in [3.63, 3.8) is 0 Å². The molecule has 1 N–H and O–H groups in total. The third-order valence-electron chi connectivity index (χ3n) is 7.29. The normalized spacial score (nSPS) is 16.7. The van der Waals surface area contributed by atoms with E-state index >= 15 is 0 Å². The lowest BCUT2D eigenvalue weighted by Crippen LogP contribution is -2.23. The molecule has 6 nitrogen and oxygen atoms in total. The van der Waals surface area contributed by atoms with Crippen molar-refractivity contribution in [1.29, 1.82) is 0 Å². The van der Waals surface area contributed by atoms with Crippen LogP contribution in [0.2, 0.25) is 0 Å². The molecule has 2 aliphatic rings. The van der Waals surface area contributed by atoms with Crippen LogP contribution in [0.15, 0.2) is 95.9 Å². The molecule has 2 aliphatic heterocycles. The number of anilines is 2. The Morgan fingerprint density at radius 1 is 0.949 bits per heavy atom. The minimum absolute atomic E-state index is 0.166. The highest BCUT2D eigenvalue weighted by Crippen LogP contribution is 2.43. The summed E-state index contributed by atoms with van der Waals surface area (Å²) in [5.41, 5.74) is 5.97. The maximum absolute atomic E-state index is 13.0. The van der Waals surface area contributed by atoms with E-state index in [4.69, 9.17) is 9.47 Å². The van der Waals surface area contributed by atoms with Crippen molar-refractivity contribution >= 4 is 28.1 Å². The Balaban J connectivity index is 1.22. The minimum atomic E-state index is -1.02. The number of nitrogens with zero attached hydrogens (tertiary/aromatic N) is 1. The van der Waals surface area contributed by atoms with Crippen molar-refractivity contribution in [3.8, 4) is 11.5 Å². The van der Waals surface area contributed by atoms with Gasteiger partial charge in [-0.1, -0.05) is 42.5 Å². The summed E-state index contributed by atoms with van der Waals surface area (Å²) in [7, 11) is -1.02. The van der Waals surface area contributed by atoms with E-state index in [0.29, 0.717) is 31.1 Å². The molecule has 7 heteroatoms. The number of fused-ring (bicyclic) bond motifs is 2. The molecule has 0 radical (unpaired) electrons. The second kappa shape index (κ2) is 10.9. The first-order valence-electron chi connectivity index (χ1n) is 13.1. The van der Waals surface area contributed by atoms with Crippen LogP contribution in [-0.4, -0.2) is 36.1 Å². The number of carbonyl (C=O) groups is 1. The third-order valence-corrected chi connectivity index (χ3v) is 8.23. The van der Waals surface area contributed by atoms with E-state index in [9.17, 15) is 9.00 Å². The van der Waals surface area contributed by atoms with Gasteiger partial charge in [0.1, 0.15) is 11.5 Å². The molecule has 0 aromatic heterocycles. The summed E-state index contributed by atoms with van der Waals surface area (Å²) >= 11 is 0. The molecule has 0 saturated carbocycles. The largest absolute Gasteiger partial charge is 0.492 e. The molecule has 2 unspecified atom stereocenters. The van der Waals surface area contributed by atoms with Crippen molar-refractivity contribution in [1.82, 2.24) is 5.32 Å². The van der Waals surface area contributed by atoms with Crippen LogP contribution in [0.1, 0.15) is 39.4 Å². The van der Waals surface area contributed by atoms with Gasteiger partial charge in [-0.05, 0) is 66.1 Å². The predicted octanol–water partition coefficient (Wildman–Crippen LogP) is 5.80. The Morgan fingerprint density at radius 2 is 1.77 bits per heavy atom. The lowest BCUT2D eigenvalue weighted by molar-refractivity contribution is 0.0950. The van der Waals surface area contributed by atoms with Gasteiger partial charge in [-0.15, -0.1) is 0 Å². The Morgan fingerprint density at radius 3 is 2.56 bits per heavy atom. The van der Waals surface area contributed by atoms with Crippen molar-refractivity contribution in [2.75, 3.05) is 30.9 Å². The van der Waals surface area contributed by atoms with Gasteiger partial charge in [0.25, 0.3) is 5.91 Å². The van der Waals surface area contributed by atoms with Crippen LogP contribution in [0.5, 0.6) is 11.5 Å². The smallest absolute Gasteiger partial charge is 0.251 e. The van der Waals surface area contributed by atoms with Crippen LogP contribution in [0.4, 0.5) is 11.4 Å². The zero-order valence-corrected chi connectivity index (χ0v) is 22.6. The molecule has 2 atom stereocenters. The summed E-state index contributed by atoms with van der Waals surface area (Å²) in [6, 6.07) is 30.0. The van der Waals surface area contributed by atoms with Gasteiger partial charge in [-0.3, -0.25) is 9.00 Å². The molecular weight excluding hydrogens is 508 g/mol. The van der Waals surface area contributed by atoms with Gasteiger partial charge >= 0.3 is 0 Å². The number of nitrogens with one attached hydrogen (secondary N) is 1. The van der Waals surface area contributed by atoms with Crippen LogP contribution in [0, 0.1) is 0 Å². The molecular formula is C32H30N2O4S. The molecule has 6 rings (SSSR count). The molecule has 0 aliphatic carbocycles. The van der Waals surface area contributed by atoms with E-state index in [1.165, 1.54) is 11.1 Å². The topological polar surface area (TPSA) is 67.9 Å². The van der Waals surface area contributed by atoms with Gasteiger partial charge in [0.2, 0.25) is 0 Å². The fourth-order valence-electron chi connectivity index (χ4n) is 5.20. The Hall–Kier alpha value is -4.10. The molecule has 39 heavy (non-hydrogen) atoms. The number of carbonyl (C=O) groups excluding carboxylic acids is 1. The molecule has 0 fully saturated rings. The first kappa shape index (κ1) is 25.2. The molecule has 0 saturated heterocycles. The van der Waals surface area contributed by atoms with Crippen LogP contribution >= 0.6 is 0 Å². The van der Waals surface area contributed by atoms with Crippen LogP contribution < -0.4 is 19.7 Å². The lowest BCUT2D eigenvalue weighted by Gasteiger charge is -2.25. The summed E-state index contributed by atoms with van der Waals surface area (Å²) in [6.07, 6.45) is 2.52. The van der Waals surface area contributed by atoms with E-state index in [-0.39, 0.29) is 11.8 Å². The maximum atomic E-state index is 13.0. The van der Waals surface area contributed by atoms with E-state index in [1.54, 1.807) is 6.26 Å². The molecule has 4 aromatic rings. The highest BCUT2D eigenvalue weighted by atomic mass is 32.2. The van der Waals surface area contributed by atoms with Gasteiger partial charge in [0.15, 0.2) is 0 Å². The van der Waals surface area contributed by atoms with Gasteiger partial charge in [-0.25, -0.2) is 0 Å². The van der Waals surface area contributed by atoms with Crippen molar-refractivity contribution < 1.29 is 18.5 Å². The summed E-state index contributed by atoms with van der Waals surface area (Å²) in [4.78, 5) is 16.0. The number of rotatable bonds is 6. The number of amides is 1. The number of hydrogen-bond donors (Lipinski definition) is 1. The van der Waals surface area contributed by atoms with E-state index in [0.717, 1.165) is 40.5 Å². The predicted molar refractivity (Wildman–Crippen MR) is 154 cm³/mol. The highest BCUT2D eigenvalue weighted by Gasteiger charge is 2.28. The summed E-state index contributed by atoms with van der Waals surface area (Å²) in [6.45, 7) is 2.43. The average Bonchev–Trinajstić information content (AvgIpc) is 3.28. The van der Waals surface area contributed by atoms with Crippen LogP contribution in [-0.2, 0) is 17.3 Å². The second-order valence-corrected chi connectivity index (χ2v) is 11.2. The first-order valence-corrected chi connectivity index (χ1v) is 14.7. The summed E-state index contributed by atoms with van der Waals surface area (Å²) < 4.78 is 23.7. The monoisotopic (exact) mass is 538 g/mol. The third kappa shape index (κ3) is 5.27. The molecule has 0 spiro atoms. The SMILES string of the molecule is CS(=O)c1ccc(CNC(=O)c2ccc3c(c2)OCCCN3c2ccc3c(c2)C(c2ccccc2)CO3)cc1. The molecule has 1 amide bonds. The average molecular weight is 539 g/mol. The first-order chi connectivity index (χ1) is 19.1. The van der Waals surface area contributed by atoms with Gasteiger partial charge in [0.05, 0.1) is 18.9 Å². The summed E-state index contributed by atoms with van der Waals surface area (Å²) in [5, 5.41) is 2.98. The van der Waals surface area contributed by atoms with E-state index in [2.05, 4.69) is 52.7 Å². The van der Waals surface area contributed by atoms with E-state index < -0.39 is 10.8 Å². The fraction of sp³-hybridized carbons (Fsp3) is 0.219. The lowest BCUT2D eigenvalue weighted by atomic mass is 9.93. The standard InChI is InChI=1S/C32H30N2O4S/c1-39(36)26-12-8-22(9-13-26)20-33-32(35)24-10-14-29-31(18-24)37-17-5-16-34(29)25-11-15-30-27(19-25)28(21-38-30)23-6-3-2-4-7-23/h2-4,6-15,18-19,28H,5,16-17,20-21H2,1H3,(H,33,35). The maximum Gasteiger partial charge on any atom is 0.251 e. The molecule has 4 aromatic carbocycles. The summed E-state index contributed by atoms with van der Waals surface area (Å²) in [5.74, 6) is 1.67. The van der Waals surface area contributed by atoms with Gasteiger partial charge < -0.3 is 19.7 Å². The Kier molecular flexibility index (Phi) is 7.07. The zero-order chi connectivity index (χ0) is 26.8. The van der Waals surface area contributed by atoms with Crippen molar-refractivity contribution in [2.24, 2.45) is 0 Å². The number of hydrogen-bond acceptors (Lipinski definition) is 5. The Labute approximate surface area is 231 Å². The quantitative estimate of drug-likeness (QED) is 0.336. The van der Waals surface area contributed by atoms with Crippen LogP contribution in [0.3, 0.4) is 0 Å². The van der Waals surface area contributed by atoms with Gasteiger partial charge in [-0.2, -0.15) is 0 Å². The molecule has 2 heterocycles. The molecule has 198 valence electrons.